The van der Waals surface area contributed by atoms with Crippen LogP contribution in [0.4, 0.5) is 0 Å². The predicted octanol–water partition coefficient (Wildman–Crippen LogP) is 3.76. The van der Waals surface area contributed by atoms with Crippen molar-refractivity contribution in [2.45, 2.75) is 50.4 Å². The summed E-state index contributed by atoms with van der Waals surface area (Å²) in [4.78, 5) is 2.17. The van der Waals surface area contributed by atoms with Gasteiger partial charge in [0.15, 0.2) is 0 Å². The molecule has 0 heterocycles. The van der Waals surface area contributed by atoms with E-state index in [1.165, 1.54) is 6.42 Å². The predicted molar refractivity (Wildman–Crippen MR) is 89.6 cm³/mol. The second kappa shape index (κ2) is 7.93. The van der Waals surface area contributed by atoms with E-state index in [0.29, 0.717) is 11.4 Å². The van der Waals surface area contributed by atoms with Crippen LogP contribution < -0.4 is 0 Å². The lowest BCUT2D eigenvalue weighted by atomic mass is 9.91. The van der Waals surface area contributed by atoms with Crippen molar-refractivity contribution in [3.05, 3.63) is 33.3 Å². The maximum atomic E-state index is 10.3. The normalized spacial score (nSPS) is 24.3. The zero-order valence-electron chi connectivity index (χ0n) is 12.3. The molecule has 0 radical (unpaired) electrons. The summed E-state index contributed by atoms with van der Waals surface area (Å²) in [6.45, 7) is 0.745. The van der Waals surface area contributed by atoms with Gasteiger partial charge in [-0.05, 0) is 44.0 Å². The number of likely N-dealkylation sites (N-methyl/N-ethyl adjacent to an activating group) is 1. The van der Waals surface area contributed by atoms with Crippen LogP contribution in [0.2, 0.25) is 5.02 Å². The molecule has 1 aliphatic carbocycles. The Balaban J connectivity index is 1.89. The quantitative estimate of drug-likeness (QED) is 0.822. The largest absolute Gasteiger partial charge is 0.391 e. The topological polar surface area (TPSA) is 43.7 Å². The van der Waals surface area contributed by atoms with E-state index in [-0.39, 0.29) is 12.1 Å². The van der Waals surface area contributed by atoms with Gasteiger partial charge < -0.3 is 15.1 Å². The van der Waals surface area contributed by atoms with Crippen LogP contribution in [0.1, 0.15) is 43.8 Å². The third kappa shape index (κ3) is 4.67. The van der Waals surface area contributed by atoms with Gasteiger partial charge in [-0.2, -0.15) is 0 Å². The third-order valence-electron chi connectivity index (χ3n) is 4.34. The molecular formula is C16H23BrClNO2. The van der Waals surface area contributed by atoms with Gasteiger partial charge in [0.1, 0.15) is 0 Å². The minimum absolute atomic E-state index is 0.214. The summed E-state index contributed by atoms with van der Waals surface area (Å²) in [7, 11) is 2.02. The second-order valence-corrected chi connectivity index (χ2v) is 7.19. The zero-order chi connectivity index (χ0) is 15.4. The van der Waals surface area contributed by atoms with Crippen molar-refractivity contribution in [3.8, 4) is 0 Å². The number of halogens is 2. The Morgan fingerprint density at radius 1 is 1.38 bits per heavy atom. The molecule has 1 aliphatic rings. The first-order chi connectivity index (χ1) is 9.99. The fraction of sp³-hybridized carbons (Fsp3) is 0.625. The average Bonchev–Trinajstić information content (AvgIpc) is 2.45. The first-order valence-electron chi connectivity index (χ1n) is 7.50. The van der Waals surface area contributed by atoms with Gasteiger partial charge in [0.05, 0.1) is 12.2 Å². The highest BCUT2D eigenvalue weighted by Crippen LogP contribution is 2.29. The molecule has 2 rings (SSSR count). The molecule has 3 nitrogen and oxygen atoms in total. The molecule has 1 saturated carbocycles. The van der Waals surface area contributed by atoms with Crippen molar-refractivity contribution in [2.75, 3.05) is 13.6 Å². The standard InChI is InChI=1S/C16H23BrClNO2/c1-19(14-4-2-3-5-16(14)21)9-8-15(20)12-7-6-11(17)10-13(12)18/h6-7,10,14-16,20-21H,2-5,8-9H2,1H3. The minimum Gasteiger partial charge on any atom is -0.391 e. The van der Waals surface area contributed by atoms with Gasteiger partial charge in [-0.3, -0.25) is 0 Å². The average molecular weight is 377 g/mol. The zero-order valence-corrected chi connectivity index (χ0v) is 14.6. The second-order valence-electron chi connectivity index (χ2n) is 5.87. The molecule has 0 aliphatic heterocycles. The van der Waals surface area contributed by atoms with Crippen LogP contribution >= 0.6 is 27.5 Å². The number of hydrogen-bond acceptors (Lipinski definition) is 3. The van der Waals surface area contributed by atoms with Crippen LogP contribution in [0, 0.1) is 0 Å². The Bertz CT molecular complexity index is 472. The van der Waals surface area contributed by atoms with E-state index in [1.807, 2.05) is 19.2 Å². The molecule has 2 N–H and O–H groups in total. The lowest BCUT2D eigenvalue weighted by molar-refractivity contribution is 0.0253. The first-order valence-corrected chi connectivity index (χ1v) is 8.67. The summed E-state index contributed by atoms with van der Waals surface area (Å²) in [5.41, 5.74) is 0.762. The summed E-state index contributed by atoms with van der Waals surface area (Å²) < 4.78 is 0.908. The molecule has 1 aromatic rings. The highest BCUT2D eigenvalue weighted by atomic mass is 79.9. The van der Waals surface area contributed by atoms with Gasteiger partial charge in [-0.1, -0.05) is 46.4 Å². The van der Waals surface area contributed by atoms with Crippen LogP contribution in [-0.2, 0) is 0 Å². The lowest BCUT2D eigenvalue weighted by Crippen LogP contribution is -2.43. The Morgan fingerprint density at radius 2 is 2.10 bits per heavy atom. The van der Waals surface area contributed by atoms with Crippen LogP contribution in [0.25, 0.3) is 0 Å². The fourth-order valence-corrected chi connectivity index (χ4v) is 3.82. The van der Waals surface area contributed by atoms with Crippen molar-refractivity contribution in [2.24, 2.45) is 0 Å². The molecule has 1 fully saturated rings. The highest BCUT2D eigenvalue weighted by Gasteiger charge is 2.26. The maximum absolute atomic E-state index is 10.3. The van der Waals surface area contributed by atoms with Crippen molar-refractivity contribution in [3.63, 3.8) is 0 Å². The van der Waals surface area contributed by atoms with Crippen LogP contribution in [0.5, 0.6) is 0 Å². The minimum atomic E-state index is -0.575. The summed E-state index contributed by atoms with van der Waals surface area (Å²) >= 11 is 9.53. The highest BCUT2D eigenvalue weighted by molar-refractivity contribution is 9.10. The molecule has 0 spiro atoms. The van der Waals surface area contributed by atoms with Gasteiger partial charge in [0.2, 0.25) is 0 Å². The molecule has 118 valence electrons. The van der Waals surface area contributed by atoms with Crippen molar-refractivity contribution < 1.29 is 10.2 Å². The summed E-state index contributed by atoms with van der Waals surface area (Å²) in [6.07, 6.45) is 4.01. The van der Waals surface area contributed by atoms with E-state index in [1.54, 1.807) is 6.07 Å². The molecule has 5 heteroatoms. The van der Waals surface area contributed by atoms with E-state index >= 15 is 0 Å². The van der Waals surface area contributed by atoms with Crippen LogP contribution in [0.3, 0.4) is 0 Å². The van der Waals surface area contributed by atoms with Gasteiger partial charge >= 0.3 is 0 Å². The molecule has 1 aromatic carbocycles. The molecule has 0 amide bonds. The number of aliphatic hydroxyl groups is 2. The number of rotatable bonds is 5. The first kappa shape index (κ1) is 17.2. The van der Waals surface area contributed by atoms with Gasteiger partial charge in [-0.25, -0.2) is 0 Å². The van der Waals surface area contributed by atoms with E-state index < -0.39 is 6.10 Å². The van der Waals surface area contributed by atoms with Crippen molar-refractivity contribution in [1.82, 2.24) is 4.90 Å². The molecule has 3 unspecified atom stereocenters. The van der Waals surface area contributed by atoms with Crippen LogP contribution in [-0.4, -0.2) is 40.9 Å². The third-order valence-corrected chi connectivity index (χ3v) is 5.16. The van der Waals surface area contributed by atoms with E-state index in [0.717, 1.165) is 35.8 Å². The molecule has 3 atom stereocenters. The number of benzene rings is 1. The Morgan fingerprint density at radius 3 is 2.76 bits per heavy atom. The van der Waals surface area contributed by atoms with Crippen molar-refractivity contribution >= 4 is 27.5 Å². The van der Waals surface area contributed by atoms with Crippen LogP contribution in [0.15, 0.2) is 22.7 Å². The summed E-state index contributed by atoms with van der Waals surface area (Å²) in [6, 6.07) is 5.76. The van der Waals surface area contributed by atoms with E-state index in [9.17, 15) is 10.2 Å². The fourth-order valence-electron chi connectivity index (χ4n) is 3.02. The molecule has 21 heavy (non-hydrogen) atoms. The Kier molecular flexibility index (Phi) is 6.51. The lowest BCUT2D eigenvalue weighted by Gasteiger charge is -2.35. The smallest absolute Gasteiger partial charge is 0.0816 e. The number of aliphatic hydroxyl groups excluding tert-OH is 2. The SMILES string of the molecule is CN(CCC(O)c1ccc(Br)cc1Cl)C1CCCCC1O. The number of hydrogen-bond donors (Lipinski definition) is 2. The summed E-state index contributed by atoms with van der Waals surface area (Å²) in [5, 5.41) is 21.0. The van der Waals surface area contributed by atoms with Gasteiger partial charge in [0.25, 0.3) is 0 Å². The summed E-state index contributed by atoms with van der Waals surface area (Å²) in [5.74, 6) is 0. The molecular weight excluding hydrogens is 354 g/mol. The molecule has 0 aromatic heterocycles. The van der Waals surface area contributed by atoms with Crippen molar-refractivity contribution in [1.29, 1.82) is 0 Å². The monoisotopic (exact) mass is 375 g/mol. The number of nitrogens with zero attached hydrogens (tertiary/aromatic N) is 1. The maximum Gasteiger partial charge on any atom is 0.0816 e. The van der Waals surface area contributed by atoms with Gasteiger partial charge in [-0.15, -0.1) is 0 Å². The van der Waals surface area contributed by atoms with E-state index in [2.05, 4.69) is 20.8 Å². The van der Waals surface area contributed by atoms with Gasteiger partial charge in [0, 0.05) is 22.1 Å². The Hall–Kier alpha value is -0.130. The molecule has 0 saturated heterocycles. The molecule has 0 bridgehead atoms. The Labute approximate surface area is 140 Å². The van der Waals surface area contributed by atoms with E-state index in [4.69, 9.17) is 11.6 Å².